The van der Waals surface area contributed by atoms with Gasteiger partial charge in [-0.25, -0.2) is 9.97 Å². The number of pyridine rings is 1. The first-order chi connectivity index (χ1) is 13.9. The van der Waals surface area contributed by atoms with Gasteiger partial charge in [-0.1, -0.05) is 6.92 Å². The maximum Gasteiger partial charge on any atom is 0.271 e. The minimum absolute atomic E-state index is 0.0601. The summed E-state index contributed by atoms with van der Waals surface area (Å²) in [5.74, 6) is 0.749. The molecule has 0 atom stereocenters. The Morgan fingerprint density at radius 1 is 1.31 bits per heavy atom. The van der Waals surface area contributed by atoms with Gasteiger partial charge >= 0.3 is 0 Å². The minimum Gasteiger partial charge on any atom is -0.370 e. The number of rotatable bonds is 6. The Labute approximate surface area is 173 Å². The van der Waals surface area contributed by atoms with Crippen molar-refractivity contribution in [3.63, 3.8) is 0 Å². The lowest BCUT2D eigenvalue weighted by molar-refractivity contribution is -0.111. The van der Waals surface area contributed by atoms with Gasteiger partial charge in [0.25, 0.3) is 5.56 Å². The first-order valence-electron chi connectivity index (χ1n) is 9.91. The highest BCUT2D eigenvalue weighted by Gasteiger charge is 2.28. The van der Waals surface area contributed by atoms with Crippen molar-refractivity contribution in [1.29, 1.82) is 0 Å². The van der Waals surface area contributed by atoms with Crippen LogP contribution in [-0.4, -0.2) is 40.6 Å². The van der Waals surface area contributed by atoms with Crippen LogP contribution in [0, 0.1) is 0 Å². The fourth-order valence-electron chi connectivity index (χ4n) is 3.78. The lowest BCUT2D eigenvalue weighted by Gasteiger charge is -2.30. The number of aromatic nitrogens is 3. The molecule has 0 saturated heterocycles. The van der Waals surface area contributed by atoms with E-state index in [1.807, 2.05) is 0 Å². The predicted molar refractivity (Wildman–Crippen MR) is 114 cm³/mol. The van der Waals surface area contributed by atoms with Crippen LogP contribution in [0.1, 0.15) is 44.3 Å². The second-order valence-corrected chi connectivity index (χ2v) is 9.05. The maximum atomic E-state index is 13.4. The first-order valence-corrected chi connectivity index (χ1v) is 10.7. The molecule has 3 aromatic rings. The molecule has 0 spiro atoms. The molecule has 0 radical (unpaired) electrons. The number of hydrogen-bond acceptors (Lipinski definition) is 7. The van der Waals surface area contributed by atoms with Crippen LogP contribution in [0.5, 0.6) is 0 Å². The van der Waals surface area contributed by atoms with E-state index in [-0.39, 0.29) is 11.2 Å². The van der Waals surface area contributed by atoms with Crippen molar-refractivity contribution in [2.24, 2.45) is 0 Å². The van der Waals surface area contributed by atoms with E-state index in [1.54, 1.807) is 18.8 Å². The average Bonchev–Trinajstić information content (AvgIpc) is 3.03. The number of thiophene rings is 1. The third-order valence-electron chi connectivity index (χ3n) is 5.36. The summed E-state index contributed by atoms with van der Waals surface area (Å²) in [5, 5.41) is 0.934. The van der Waals surface area contributed by atoms with Gasteiger partial charge in [-0.15, -0.1) is 11.3 Å². The van der Waals surface area contributed by atoms with E-state index in [0.717, 1.165) is 45.7 Å². The molecule has 3 aromatic heterocycles. The highest BCUT2D eigenvalue weighted by atomic mass is 32.1. The van der Waals surface area contributed by atoms with Gasteiger partial charge in [0, 0.05) is 38.0 Å². The maximum absolute atomic E-state index is 13.4. The Hall–Kier alpha value is -1.87. The van der Waals surface area contributed by atoms with Crippen molar-refractivity contribution in [2.75, 3.05) is 14.2 Å². The van der Waals surface area contributed by atoms with Crippen LogP contribution >= 0.6 is 11.3 Å². The van der Waals surface area contributed by atoms with Gasteiger partial charge in [-0.2, -0.15) is 0 Å². The monoisotopic (exact) mass is 417 g/mol. The summed E-state index contributed by atoms with van der Waals surface area (Å²) in [5.41, 5.74) is 2.58. The van der Waals surface area contributed by atoms with Crippen molar-refractivity contribution < 1.29 is 14.2 Å². The number of hydrogen-bond donors (Lipinski definition) is 0. The van der Waals surface area contributed by atoms with Crippen molar-refractivity contribution in [3.8, 4) is 0 Å². The smallest absolute Gasteiger partial charge is 0.271 e. The van der Waals surface area contributed by atoms with Crippen LogP contribution < -0.4 is 5.56 Å². The van der Waals surface area contributed by atoms with Crippen LogP contribution in [0.25, 0.3) is 20.4 Å². The molecular formula is C21H27N3O4S. The number of aryl methyl sites for hydroxylation is 1. The van der Waals surface area contributed by atoms with Gasteiger partial charge in [0.15, 0.2) is 6.29 Å². The van der Waals surface area contributed by atoms with E-state index < -0.39 is 6.29 Å². The molecule has 0 fully saturated rings. The molecule has 4 heterocycles. The molecule has 0 aromatic carbocycles. The van der Waals surface area contributed by atoms with Crippen molar-refractivity contribution >= 4 is 31.8 Å². The van der Waals surface area contributed by atoms with E-state index in [0.29, 0.717) is 24.3 Å². The molecule has 1 aliphatic heterocycles. The van der Waals surface area contributed by atoms with E-state index >= 15 is 0 Å². The molecule has 0 N–H and O–H groups in total. The molecular weight excluding hydrogens is 390 g/mol. The van der Waals surface area contributed by atoms with Gasteiger partial charge in [0.05, 0.1) is 30.0 Å². The van der Waals surface area contributed by atoms with E-state index in [9.17, 15) is 4.79 Å². The van der Waals surface area contributed by atoms with Gasteiger partial charge in [0.1, 0.15) is 15.4 Å². The van der Waals surface area contributed by atoms with E-state index in [1.165, 1.54) is 11.3 Å². The zero-order valence-electron chi connectivity index (χ0n) is 17.6. The largest absolute Gasteiger partial charge is 0.370 e. The second-order valence-electron chi connectivity index (χ2n) is 8.05. The van der Waals surface area contributed by atoms with Crippen molar-refractivity contribution in [2.45, 2.75) is 65.1 Å². The van der Waals surface area contributed by atoms with Crippen molar-refractivity contribution in [3.05, 3.63) is 33.5 Å². The first kappa shape index (κ1) is 20.4. The lowest BCUT2D eigenvalue weighted by Crippen LogP contribution is -2.32. The Balaban J connectivity index is 1.91. The summed E-state index contributed by atoms with van der Waals surface area (Å²) >= 11 is 1.42. The summed E-state index contributed by atoms with van der Waals surface area (Å²) in [6, 6.07) is 2.10. The zero-order chi connectivity index (χ0) is 20.8. The zero-order valence-corrected chi connectivity index (χ0v) is 18.4. The molecule has 7 nitrogen and oxygen atoms in total. The van der Waals surface area contributed by atoms with E-state index in [4.69, 9.17) is 24.2 Å². The fourth-order valence-corrected chi connectivity index (χ4v) is 4.84. The molecule has 0 amide bonds. The number of nitrogens with zero attached hydrogens (tertiary/aromatic N) is 3. The normalized spacial score (nSPS) is 16.1. The SMILES string of the molecule is CCCc1nc2c(sc3nc4c(cc32)COC(C)(C)C4)c(=O)n1CC(OC)OC. The van der Waals surface area contributed by atoms with E-state index in [2.05, 4.69) is 26.8 Å². The van der Waals surface area contributed by atoms with Gasteiger partial charge in [-0.3, -0.25) is 9.36 Å². The third-order valence-corrected chi connectivity index (χ3v) is 6.44. The Morgan fingerprint density at radius 2 is 2.07 bits per heavy atom. The molecule has 0 unspecified atom stereocenters. The minimum atomic E-state index is -0.498. The molecule has 4 rings (SSSR count). The predicted octanol–water partition coefficient (Wildman–Crippen LogP) is 3.43. The number of fused-ring (bicyclic) bond motifs is 4. The highest BCUT2D eigenvalue weighted by molar-refractivity contribution is 7.25. The summed E-state index contributed by atoms with van der Waals surface area (Å²) in [6.45, 7) is 7.07. The molecule has 0 saturated carbocycles. The van der Waals surface area contributed by atoms with Crippen LogP contribution in [0.15, 0.2) is 10.9 Å². The number of ether oxygens (including phenoxy) is 3. The number of methoxy groups -OCH3 is 2. The Bertz CT molecular complexity index is 1110. The molecule has 0 aliphatic carbocycles. The summed E-state index contributed by atoms with van der Waals surface area (Å²) in [7, 11) is 3.14. The Kier molecular flexibility index (Phi) is 5.46. The molecule has 1 aliphatic rings. The van der Waals surface area contributed by atoms with Crippen molar-refractivity contribution in [1.82, 2.24) is 14.5 Å². The summed E-state index contributed by atoms with van der Waals surface area (Å²) in [6.07, 6.45) is 1.86. The summed E-state index contributed by atoms with van der Waals surface area (Å²) in [4.78, 5) is 24.0. The molecule has 29 heavy (non-hydrogen) atoms. The standard InChI is InChI=1S/C21H27N3O4S/c1-6-7-15-23-17-13-8-12-11-28-21(2,3)9-14(12)22-19(13)29-18(17)20(25)24(15)10-16(26-4)27-5/h8,16H,6-7,9-11H2,1-5H3. The topological polar surface area (TPSA) is 75.5 Å². The Morgan fingerprint density at radius 3 is 2.76 bits per heavy atom. The summed E-state index contributed by atoms with van der Waals surface area (Å²) < 4.78 is 18.9. The average molecular weight is 418 g/mol. The van der Waals surface area contributed by atoms with Gasteiger partial charge < -0.3 is 14.2 Å². The molecule has 8 heteroatoms. The lowest BCUT2D eigenvalue weighted by atomic mass is 9.95. The second kappa shape index (κ2) is 7.75. The quantitative estimate of drug-likeness (QED) is 0.572. The van der Waals surface area contributed by atoms with Crippen LogP contribution in [0.4, 0.5) is 0 Å². The molecule has 0 bridgehead atoms. The highest BCUT2D eigenvalue weighted by Crippen LogP contribution is 2.35. The van der Waals surface area contributed by atoms with Crippen LogP contribution in [0.2, 0.25) is 0 Å². The third kappa shape index (κ3) is 3.70. The van der Waals surface area contributed by atoms with Gasteiger partial charge in [0.2, 0.25) is 0 Å². The van der Waals surface area contributed by atoms with Gasteiger partial charge in [-0.05, 0) is 26.3 Å². The van der Waals surface area contributed by atoms with Crippen LogP contribution in [0.3, 0.4) is 0 Å². The molecule has 156 valence electrons. The van der Waals surface area contributed by atoms with Crippen LogP contribution in [-0.2, 0) is 40.2 Å². The fraction of sp³-hybridized carbons (Fsp3) is 0.571.